The van der Waals surface area contributed by atoms with Crippen molar-refractivity contribution in [2.24, 2.45) is 10.9 Å². The molecular weight excluding hydrogens is 254 g/mol. The van der Waals surface area contributed by atoms with Crippen LogP contribution in [0.4, 0.5) is 0 Å². The maximum atomic E-state index is 8.81. The molecule has 0 aliphatic heterocycles. The lowest BCUT2D eigenvalue weighted by Crippen LogP contribution is -2.14. The molecule has 0 atom stereocenters. The summed E-state index contributed by atoms with van der Waals surface area (Å²) < 4.78 is 5.89. The van der Waals surface area contributed by atoms with Gasteiger partial charge in [-0.1, -0.05) is 11.2 Å². The number of hydrogen-bond donors (Lipinski definition) is 2. The summed E-state index contributed by atoms with van der Waals surface area (Å²) in [7, 11) is 0. The minimum absolute atomic E-state index is 0.00979. The zero-order chi connectivity index (χ0) is 14.7. The van der Waals surface area contributed by atoms with Gasteiger partial charge in [0, 0.05) is 6.20 Å². The van der Waals surface area contributed by atoms with Gasteiger partial charge in [-0.3, -0.25) is 4.98 Å². The number of nitrogens with two attached hydrogens (primary N) is 1. The van der Waals surface area contributed by atoms with E-state index in [4.69, 9.17) is 15.7 Å². The zero-order valence-corrected chi connectivity index (χ0v) is 11.7. The molecule has 0 radical (unpaired) electrons. The molecule has 0 amide bonds. The molecule has 0 aliphatic rings. The van der Waals surface area contributed by atoms with Crippen LogP contribution in [0.5, 0.6) is 11.5 Å². The second-order valence-corrected chi connectivity index (χ2v) is 4.66. The maximum absolute atomic E-state index is 8.81. The van der Waals surface area contributed by atoms with Crippen LogP contribution in [0.3, 0.4) is 0 Å². The molecule has 104 valence electrons. The quantitative estimate of drug-likeness (QED) is 0.389. The number of rotatable bonds is 3. The van der Waals surface area contributed by atoms with Crippen LogP contribution in [0.25, 0.3) is 0 Å². The first-order chi connectivity index (χ1) is 9.52. The van der Waals surface area contributed by atoms with Crippen LogP contribution in [-0.2, 0) is 0 Å². The van der Waals surface area contributed by atoms with Gasteiger partial charge in [-0.05, 0) is 49.6 Å². The highest BCUT2D eigenvalue weighted by molar-refractivity contribution is 5.99. The highest BCUT2D eigenvalue weighted by atomic mass is 16.5. The van der Waals surface area contributed by atoms with Gasteiger partial charge in [-0.2, -0.15) is 0 Å². The van der Waals surface area contributed by atoms with Gasteiger partial charge in [0.1, 0.15) is 5.75 Å². The van der Waals surface area contributed by atoms with E-state index in [0.717, 1.165) is 22.4 Å². The van der Waals surface area contributed by atoms with E-state index in [2.05, 4.69) is 16.2 Å². The van der Waals surface area contributed by atoms with Gasteiger partial charge >= 0.3 is 0 Å². The van der Waals surface area contributed by atoms with Crippen molar-refractivity contribution in [1.29, 1.82) is 0 Å². The van der Waals surface area contributed by atoms with E-state index in [1.165, 1.54) is 0 Å². The Bertz CT molecular complexity index is 666. The Morgan fingerprint density at radius 2 is 2.00 bits per heavy atom. The molecule has 0 aliphatic carbocycles. The van der Waals surface area contributed by atoms with E-state index in [0.29, 0.717) is 11.3 Å². The van der Waals surface area contributed by atoms with E-state index in [-0.39, 0.29) is 5.84 Å². The van der Waals surface area contributed by atoms with Crippen molar-refractivity contribution >= 4 is 5.84 Å². The second-order valence-electron chi connectivity index (χ2n) is 4.66. The Morgan fingerprint density at radius 3 is 2.70 bits per heavy atom. The fraction of sp³-hybridized carbons (Fsp3) is 0.200. The van der Waals surface area contributed by atoms with Gasteiger partial charge in [-0.25, -0.2) is 0 Å². The molecule has 20 heavy (non-hydrogen) atoms. The standard InChI is InChI=1S/C15H17N3O2/c1-9-6-10(2)11(3)13(7-9)20-14-8-17-5-4-12(14)15(16)18-19/h4-8,19H,1-3H3,(H2,16,18). The Morgan fingerprint density at radius 1 is 1.25 bits per heavy atom. The number of nitrogens with zero attached hydrogens (tertiary/aromatic N) is 2. The fourth-order valence-electron chi connectivity index (χ4n) is 1.95. The number of pyridine rings is 1. The number of hydrogen-bond acceptors (Lipinski definition) is 4. The van der Waals surface area contributed by atoms with Crippen molar-refractivity contribution in [2.75, 3.05) is 0 Å². The normalized spacial score (nSPS) is 11.4. The smallest absolute Gasteiger partial charge is 0.173 e. The molecule has 2 rings (SSSR count). The molecule has 5 heteroatoms. The van der Waals surface area contributed by atoms with Crippen molar-refractivity contribution in [2.45, 2.75) is 20.8 Å². The molecular formula is C15H17N3O2. The Kier molecular flexibility index (Phi) is 3.89. The van der Waals surface area contributed by atoms with E-state index >= 15 is 0 Å². The minimum Gasteiger partial charge on any atom is -0.455 e. The summed E-state index contributed by atoms with van der Waals surface area (Å²) in [4.78, 5) is 4.02. The third-order valence-corrected chi connectivity index (χ3v) is 3.15. The van der Waals surface area contributed by atoms with Gasteiger partial charge in [-0.15, -0.1) is 0 Å². The zero-order valence-electron chi connectivity index (χ0n) is 11.7. The van der Waals surface area contributed by atoms with E-state index < -0.39 is 0 Å². The van der Waals surface area contributed by atoms with Gasteiger partial charge < -0.3 is 15.7 Å². The maximum Gasteiger partial charge on any atom is 0.173 e. The summed E-state index contributed by atoms with van der Waals surface area (Å²) in [5.41, 5.74) is 9.44. The Labute approximate surface area is 117 Å². The molecule has 0 unspecified atom stereocenters. The molecule has 0 bridgehead atoms. The van der Waals surface area contributed by atoms with Crippen LogP contribution in [-0.4, -0.2) is 16.0 Å². The Hall–Kier alpha value is -2.56. The van der Waals surface area contributed by atoms with Crippen LogP contribution >= 0.6 is 0 Å². The van der Waals surface area contributed by atoms with Crippen LogP contribution in [0.1, 0.15) is 22.3 Å². The molecule has 5 nitrogen and oxygen atoms in total. The lowest BCUT2D eigenvalue weighted by atomic mass is 10.1. The molecule has 1 aromatic heterocycles. The topological polar surface area (TPSA) is 80.7 Å². The summed E-state index contributed by atoms with van der Waals surface area (Å²) in [6, 6.07) is 5.68. The molecule has 0 saturated heterocycles. The van der Waals surface area contributed by atoms with Crippen molar-refractivity contribution in [3.8, 4) is 11.5 Å². The molecule has 1 aromatic carbocycles. The van der Waals surface area contributed by atoms with Gasteiger partial charge in [0.05, 0.1) is 11.8 Å². The number of benzene rings is 1. The average molecular weight is 271 g/mol. The lowest BCUT2D eigenvalue weighted by Gasteiger charge is -2.14. The molecule has 0 spiro atoms. The van der Waals surface area contributed by atoms with E-state index in [1.54, 1.807) is 18.5 Å². The van der Waals surface area contributed by atoms with Crippen LogP contribution in [0, 0.1) is 20.8 Å². The minimum atomic E-state index is -0.00979. The third kappa shape index (κ3) is 2.71. The average Bonchev–Trinajstić information content (AvgIpc) is 2.44. The number of aryl methyl sites for hydroxylation is 2. The molecule has 0 fully saturated rings. The van der Waals surface area contributed by atoms with E-state index in [1.807, 2.05) is 26.8 Å². The van der Waals surface area contributed by atoms with Crippen LogP contribution < -0.4 is 10.5 Å². The number of amidine groups is 1. The summed E-state index contributed by atoms with van der Waals surface area (Å²) in [6.07, 6.45) is 3.11. The van der Waals surface area contributed by atoms with Gasteiger partial charge in [0.2, 0.25) is 0 Å². The highest BCUT2D eigenvalue weighted by Crippen LogP contribution is 2.29. The number of ether oxygens (including phenoxy) is 1. The number of aromatic nitrogens is 1. The Balaban J connectivity index is 2.46. The molecule has 2 aromatic rings. The summed E-state index contributed by atoms with van der Waals surface area (Å²) in [6.45, 7) is 6.03. The first-order valence-corrected chi connectivity index (χ1v) is 6.20. The van der Waals surface area contributed by atoms with Crippen molar-refractivity contribution in [1.82, 2.24) is 4.98 Å². The molecule has 1 heterocycles. The molecule has 3 N–H and O–H groups in total. The third-order valence-electron chi connectivity index (χ3n) is 3.15. The summed E-state index contributed by atoms with van der Waals surface area (Å²) in [5.74, 6) is 1.18. The molecule has 0 saturated carbocycles. The first-order valence-electron chi connectivity index (χ1n) is 6.20. The highest BCUT2D eigenvalue weighted by Gasteiger charge is 2.11. The summed E-state index contributed by atoms with van der Waals surface area (Å²) in [5, 5.41) is 11.8. The van der Waals surface area contributed by atoms with Crippen molar-refractivity contribution in [3.05, 3.63) is 52.8 Å². The summed E-state index contributed by atoms with van der Waals surface area (Å²) >= 11 is 0. The van der Waals surface area contributed by atoms with Crippen molar-refractivity contribution in [3.63, 3.8) is 0 Å². The van der Waals surface area contributed by atoms with Crippen LogP contribution in [0.15, 0.2) is 35.7 Å². The number of oxime groups is 1. The largest absolute Gasteiger partial charge is 0.455 e. The van der Waals surface area contributed by atoms with Gasteiger partial charge in [0.15, 0.2) is 11.6 Å². The van der Waals surface area contributed by atoms with Gasteiger partial charge in [0.25, 0.3) is 0 Å². The lowest BCUT2D eigenvalue weighted by molar-refractivity contribution is 0.318. The van der Waals surface area contributed by atoms with Crippen molar-refractivity contribution < 1.29 is 9.94 Å². The van der Waals surface area contributed by atoms with E-state index in [9.17, 15) is 0 Å². The van der Waals surface area contributed by atoms with Crippen LogP contribution in [0.2, 0.25) is 0 Å². The monoisotopic (exact) mass is 271 g/mol. The fourth-order valence-corrected chi connectivity index (χ4v) is 1.95. The predicted molar refractivity (Wildman–Crippen MR) is 77.5 cm³/mol. The SMILES string of the molecule is Cc1cc(C)c(C)c(Oc2cnccc2/C(N)=N/O)c1. The first kappa shape index (κ1) is 13.9. The second kappa shape index (κ2) is 5.61. The predicted octanol–water partition coefficient (Wildman–Crippen LogP) is 2.89.